The van der Waals surface area contributed by atoms with Crippen LogP contribution in [0.25, 0.3) is 10.9 Å². The number of aldehydes is 1. The summed E-state index contributed by atoms with van der Waals surface area (Å²) in [6, 6.07) is 6.34. The van der Waals surface area contributed by atoms with Gasteiger partial charge < -0.3 is 31.0 Å². The predicted molar refractivity (Wildman–Crippen MR) is 152 cm³/mol. The number of carbonyl (C=O) groups is 5. The Bertz CT molecular complexity index is 1220. The van der Waals surface area contributed by atoms with Gasteiger partial charge in [0.2, 0.25) is 17.7 Å². The number of halogens is 1. The van der Waals surface area contributed by atoms with Crippen LogP contribution in [-0.4, -0.2) is 65.7 Å². The molecule has 41 heavy (non-hydrogen) atoms. The van der Waals surface area contributed by atoms with Crippen LogP contribution >= 0.6 is 0 Å². The van der Waals surface area contributed by atoms with E-state index in [1.807, 2.05) is 24.3 Å². The van der Waals surface area contributed by atoms with Gasteiger partial charge in [-0.05, 0) is 68.9 Å². The highest BCUT2D eigenvalue weighted by Crippen LogP contribution is 2.29. The fraction of sp³-hybridized carbons (Fsp3) is 0.567. The number of amides is 4. The van der Waals surface area contributed by atoms with E-state index in [9.17, 15) is 28.4 Å². The van der Waals surface area contributed by atoms with Crippen LogP contribution < -0.4 is 21.3 Å². The molecule has 2 fully saturated rings. The standard InChI is InChI=1S/C30H40FN5O5/c1-17(2)26(36-29(40)25-15-19-5-3-4-6-23(19)34-25)30(41)35-24(13-18-7-9-21(31)10-8-18)28(39)33-22(16-37)14-20-11-12-32-27(20)38/h3-6,15-18,20-22,24,26,34H,7-14H2,1-2H3,(H,32,38)(H,33,39)(H,35,41)(H,36,40)/t18?,20-,21?,22-,24-,26?/m0/s1. The monoisotopic (exact) mass is 569 g/mol. The van der Waals surface area contributed by atoms with Gasteiger partial charge in [-0.2, -0.15) is 0 Å². The Morgan fingerprint density at radius 2 is 1.73 bits per heavy atom. The van der Waals surface area contributed by atoms with Crippen molar-refractivity contribution in [1.29, 1.82) is 0 Å². The summed E-state index contributed by atoms with van der Waals surface area (Å²) in [5, 5.41) is 11.9. The Hall–Kier alpha value is -3.76. The number of hydrogen-bond acceptors (Lipinski definition) is 5. The molecule has 1 saturated carbocycles. The summed E-state index contributed by atoms with van der Waals surface area (Å²) in [4.78, 5) is 66.9. The zero-order valence-electron chi connectivity index (χ0n) is 23.6. The van der Waals surface area contributed by atoms with Crippen molar-refractivity contribution in [3.63, 3.8) is 0 Å². The molecule has 2 heterocycles. The molecule has 1 saturated heterocycles. The first-order valence-electron chi connectivity index (χ1n) is 14.5. The van der Waals surface area contributed by atoms with E-state index in [1.165, 1.54) is 0 Å². The molecule has 11 heteroatoms. The Kier molecular flexibility index (Phi) is 10.1. The molecular weight excluding hydrogens is 529 g/mol. The molecule has 0 radical (unpaired) electrons. The lowest BCUT2D eigenvalue weighted by Crippen LogP contribution is -2.57. The van der Waals surface area contributed by atoms with Gasteiger partial charge in [-0.1, -0.05) is 32.0 Å². The average Bonchev–Trinajstić information content (AvgIpc) is 3.57. The largest absolute Gasteiger partial charge is 0.356 e. The van der Waals surface area contributed by atoms with Gasteiger partial charge >= 0.3 is 0 Å². The van der Waals surface area contributed by atoms with Gasteiger partial charge in [0.05, 0.1) is 6.04 Å². The molecule has 10 nitrogen and oxygen atoms in total. The van der Waals surface area contributed by atoms with E-state index < -0.39 is 42.0 Å². The number of benzene rings is 1. The van der Waals surface area contributed by atoms with Crippen molar-refractivity contribution in [2.75, 3.05) is 6.54 Å². The minimum atomic E-state index is -0.991. The molecule has 2 aliphatic rings. The molecule has 5 N–H and O–H groups in total. The number of H-pyrrole nitrogens is 1. The lowest BCUT2D eigenvalue weighted by Gasteiger charge is -2.30. The molecule has 1 aliphatic heterocycles. The summed E-state index contributed by atoms with van der Waals surface area (Å²) in [7, 11) is 0. The second-order valence-electron chi connectivity index (χ2n) is 11.6. The third-order valence-electron chi connectivity index (χ3n) is 8.18. The quantitative estimate of drug-likeness (QED) is 0.249. The number of aromatic nitrogens is 1. The first-order valence-corrected chi connectivity index (χ1v) is 14.5. The molecule has 2 aromatic rings. The van der Waals surface area contributed by atoms with Crippen LogP contribution in [-0.2, 0) is 19.2 Å². The summed E-state index contributed by atoms with van der Waals surface area (Å²) in [6.45, 7) is 4.12. The highest BCUT2D eigenvalue weighted by Gasteiger charge is 2.34. The number of aromatic amines is 1. The molecule has 4 atom stereocenters. The van der Waals surface area contributed by atoms with E-state index in [1.54, 1.807) is 19.9 Å². The number of nitrogens with one attached hydrogen (secondary N) is 5. The van der Waals surface area contributed by atoms with Gasteiger partial charge in [-0.3, -0.25) is 19.2 Å². The smallest absolute Gasteiger partial charge is 0.268 e. The number of alkyl halides is 1. The predicted octanol–water partition coefficient (Wildman–Crippen LogP) is 2.54. The number of carbonyl (C=O) groups excluding carboxylic acids is 5. The van der Waals surface area contributed by atoms with E-state index in [0.29, 0.717) is 50.6 Å². The molecule has 222 valence electrons. The molecule has 4 amide bonds. The first kappa shape index (κ1) is 30.2. The maximum Gasteiger partial charge on any atom is 0.268 e. The number of fused-ring (bicyclic) bond motifs is 1. The molecule has 1 aromatic carbocycles. The van der Waals surface area contributed by atoms with Gasteiger partial charge in [-0.15, -0.1) is 0 Å². The second-order valence-corrected chi connectivity index (χ2v) is 11.6. The number of rotatable bonds is 12. The van der Waals surface area contributed by atoms with Crippen molar-refractivity contribution >= 4 is 40.8 Å². The molecule has 1 aliphatic carbocycles. The van der Waals surface area contributed by atoms with Crippen molar-refractivity contribution < 1.29 is 28.4 Å². The maximum atomic E-state index is 13.8. The summed E-state index contributed by atoms with van der Waals surface area (Å²) in [5.74, 6) is -2.31. The van der Waals surface area contributed by atoms with Gasteiger partial charge in [0.15, 0.2) is 0 Å². The summed E-state index contributed by atoms with van der Waals surface area (Å²) in [5.41, 5.74) is 1.11. The topological polar surface area (TPSA) is 149 Å². The zero-order chi connectivity index (χ0) is 29.5. The fourth-order valence-electron chi connectivity index (χ4n) is 5.74. The van der Waals surface area contributed by atoms with Crippen molar-refractivity contribution in [3.8, 4) is 0 Å². The molecular formula is C30H40FN5O5. The first-order chi connectivity index (χ1) is 19.6. The van der Waals surface area contributed by atoms with Crippen LogP contribution in [0.5, 0.6) is 0 Å². The highest BCUT2D eigenvalue weighted by molar-refractivity contribution is 6.00. The molecule has 0 bridgehead atoms. The summed E-state index contributed by atoms with van der Waals surface area (Å²) < 4.78 is 13.8. The van der Waals surface area contributed by atoms with Crippen LogP contribution in [0.15, 0.2) is 30.3 Å². The zero-order valence-corrected chi connectivity index (χ0v) is 23.6. The fourth-order valence-corrected chi connectivity index (χ4v) is 5.74. The van der Waals surface area contributed by atoms with Crippen LogP contribution in [0.3, 0.4) is 0 Å². The lowest BCUT2D eigenvalue weighted by molar-refractivity contribution is -0.132. The summed E-state index contributed by atoms with van der Waals surface area (Å²) >= 11 is 0. The third kappa shape index (κ3) is 7.92. The number of hydrogen-bond donors (Lipinski definition) is 5. The van der Waals surface area contributed by atoms with Crippen LogP contribution in [0.1, 0.15) is 69.3 Å². The molecule has 4 rings (SSSR count). The van der Waals surface area contributed by atoms with Gasteiger partial charge in [0, 0.05) is 23.4 Å². The lowest BCUT2D eigenvalue weighted by atomic mass is 9.83. The third-order valence-corrected chi connectivity index (χ3v) is 8.18. The van der Waals surface area contributed by atoms with Crippen molar-refractivity contribution in [2.45, 2.75) is 83.1 Å². The SMILES string of the molecule is CC(C)C(NC(=O)c1cc2ccccc2[nH]1)C(=O)N[C@@H](CC1CCC(F)CC1)C(=O)N[C@H](C=O)C[C@@H]1CCNC1=O. The number of para-hydroxylation sites is 1. The van der Waals surface area contributed by atoms with Crippen molar-refractivity contribution in [1.82, 2.24) is 26.3 Å². The molecule has 1 unspecified atom stereocenters. The highest BCUT2D eigenvalue weighted by atomic mass is 19.1. The van der Waals surface area contributed by atoms with Gasteiger partial charge in [0.1, 0.15) is 30.2 Å². The van der Waals surface area contributed by atoms with Crippen molar-refractivity contribution in [2.24, 2.45) is 17.8 Å². The molecule has 1 aromatic heterocycles. The van der Waals surface area contributed by atoms with Gasteiger partial charge in [0.25, 0.3) is 5.91 Å². The Morgan fingerprint density at radius 1 is 1.00 bits per heavy atom. The maximum absolute atomic E-state index is 13.8. The van der Waals surface area contributed by atoms with E-state index >= 15 is 0 Å². The van der Waals surface area contributed by atoms with Gasteiger partial charge in [-0.25, -0.2) is 4.39 Å². The van der Waals surface area contributed by atoms with E-state index in [4.69, 9.17) is 0 Å². The summed E-state index contributed by atoms with van der Waals surface area (Å²) in [6.07, 6.45) is 2.74. The minimum absolute atomic E-state index is 0.0202. The Morgan fingerprint density at radius 3 is 2.37 bits per heavy atom. The normalized spacial score (nSPS) is 22.9. The van der Waals surface area contributed by atoms with E-state index in [0.717, 1.165) is 10.9 Å². The Balaban J connectivity index is 1.45. The molecule has 0 spiro atoms. The van der Waals surface area contributed by atoms with Crippen LogP contribution in [0, 0.1) is 17.8 Å². The minimum Gasteiger partial charge on any atom is -0.356 e. The van der Waals surface area contributed by atoms with Crippen molar-refractivity contribution in [3.05, 3.63) is 36.0 Å². The average molecular weight is 570 g/mol. The van der Waals surface area contributed by atoms with Crippen LogP contribution in [0.4, 0.5) is 4.39 Å². The van der Waals surface area contributed by atoms with E-state index in [2.05, 4.69) is 26.3 Å². The van der Waals surface area contributed by atoms with E-state index in [-0.39, 0.29) is 36.5 Å². The second kappa shape index (κ2) is 13.7. The Labute approximate surface area is 239 Å². The van der Waals surface area contributed by atoms with Crippen LogP contribution in [0.2, 0.25) is 0 Å².